The molecule has 0 amide bonds. The molecule has 0 fully saturated rings. The van der Waals surface area contributed by atoms with E-state index in [0.29, 0.717) is 12.3 Å². The third-order valence-corrected chi connectivity index (χ3v) is 3.09. The number of hydrogen-bond acceptors (Lipinski definition) is 4. The molecule has 116 valence electrons. The fourth-order valence-corrected chi connectivity index (χ4v) is 2.04. The molecule has 0 spiro atoms. The Kier molecular flexibility index (Phi) is 8.87. The number of nitriles is 1. The largest absolute Gasteiger partial charge is 0.468 e. The van der Waals surface area contributed by atoms with Crippen LogP contribution in [0.15, 0.2) is 35.6 Å². The third-order valence-electron chi connectivity index (χ3n) is 3.09. The summed E-state index contributed by atoms with van der Waals surface area (Å²) in [4.78, 5) is 13.2. The van der Waals surface area contributed by atoms with Crippen LogP contribution in [0.3, 0.4) is 0 Å². The predicted molar refractivity (Wildman–Crippen MR) is 85.3 cm³/mol. The number of carbonyl (C=O) groups is 1. The molecule has 21 heavy (non-hydrogen) atoms. The van der Waals surface area contributed by atoms with Crippen LogP contribution in [0.25, 0.3) is 0 Å². The van der Waals surface area contributed by atoms with E-state index in [2.05, 4.69) is 36.5 Å². The lowest BCUT2D eigenvalue weighted by Crippen LogP contribution is -2.28. The van der Waals surface area contributed by atoms with Crippen LogP contribution in [0.5, 0.6) is 0 Å². The maximum absolute atomic E-state index is 11.3. The molecule has 0 saturated heterocycles. The van der Waals surface area contributed by atoms with Crippen molar-refractivity contribution in [3.8, 4) is 6.07 Å². The molecule has 0 aromatic carbocycles. The monoisotopic (exact) mass is 290 g/mol. The number of methoxy groups -OCH3 is 1. The van der Waals surface area contributed by atoms with E-state index in [1.807, 2.05) is 25.8 Å². The Bertz CT molecular complexity index is 470. The highest BCUT2D eigenvalue weighted by molar-refractivity contribution is 5.72. The molecule has 0 radical (unpaired) electrons. The second kappa shape index (κ2) is 9.82. The van der Waals surface area contributed by atoms with Gasteiger partial charge in [-0.3, -0.25) is 4.79 Å². The van der Waals surface area contributed by atoms with Crippen LogP contribution in [-0.4, -0.2) is 31.6 Å². The predicted octanol–water partition coefficient (Wildman–Crippen LogP) is 3.44. The number of allylic oxidation sites excluding steroid dienone is 3. The van der Waals surface area contributed by atoms with Gasteiger partial charge in [0.2, 0.25) is 0 Å². The smallest absolute Gasteiger partial charge is 0.325 e. The number of rotatable bonds is 5. The summed E-state index contributed by atoms with van der Waals surface area (Å²) in [6.07, 6.45) is 5.42. The van der Waals surface area contributed by atoms with Gasteiger partial charge in [0.25, 0.3) is 0 Å². The number of hydrogen-bond donors (Lipinski definition) is 0. The van der Waals surface area contributed by atoms with Crippen LogP contribution in [0.1, 0.15) is 33.6 Å². The van der Waals surface area contributed by atoms with Crippen LogP contribution in [0.4, 0.5) is 0 Å². The van der Waals surface area contributed by atoms with Gasteiger partial charge in [0.15, 0.2) is 0 Å². The normalized spacial score (nSPS) is 16.5. The summed E-state index contributed by atoms with van der Waals surface area (Å²) in [5, 5.41) is 8.80. The lowest BCUT2D eigenvalue weighted by Gasteiger charge is -2.28. The molecular formula is C17H26N2O2. The summed E-state index contributed by atoms with van der Waals surface area (Å²) in [7, 11) is 3.21. The Morgan fingerprint density at radius 1 is 1.57 bits per heavy atom. The molecule has 0 N–H and O–H groups in total. The minimum atomic E-state index is -0.285. The maximum Gasteiger partial charge on any atom is 0.325 e. The SMILES string of the molecule is C=C(CC#N)C1=CC(C)CC=C1N(C)CC(=O)OC.CC. The lowest BCUT2D eigenvalue weighted by molar-refractivity contribution is -0.141. The molecule has 0 heterocycles. The summed E-state index contributed by atoms with van der Waals surface area (Å²) in [6, 6.07) is 2.11. The van der Waals surface area contributed by atoms with E-state index in [1.165, 1.54) is 7.11 Å². The zero-order valence-electron chi connectivity index (χ0n) is 13.8. The molecule has 0 aromatic rings. The Morgan fingerprint density at radius 3 is 2.71 bits per heavy atom. The number of likely N-dealkylation sites (N-methyl/N-ethyl adjacent to an activating group) is 1. The zero-order valence-corrected chi connectivity index (χ0v) is 13.8. The van der Waals surface area contributed by atoms with Crippen molar-refractivity contribution < 1.29 is 9.53 Å². The number of carbonyl (C=O) groups excluding carboxylic acids is 1. The number of esters is 1. The quantitative estimate of drug-likeness (QED) is 0.728. The molecule has 1 rings (SSSR count). The van der Waals surface area contributed by atoms with Crippen molar-refractivity contribution in [2.45, 2.75) is 33.6 Å². The summed E-state index contributed by atoms with van der Waals surface area (Å²) in [5.74, 6) is 0.132. The van der Waals surface area contributed by atoms with E-state index in [4.69, 9.17) is 5.26 Å². The van der Waals surface area contributed by atoms with Crippen molar-refractivity contribution in [3.05, 3.63) is 35.6 Å². The summed E-state index contributed by atoms with van der Waals surface area (Å²) in [6.45, 7) is 10.3. The van der Waals surface area contributed by atoms with Gasteiger partial charge in [-0.1, -0.05) is 39.5 Å². The van der Waals surface area contributed by atoms with Crippen molar-refractivity contribution in [1.82, 2.24) is 4.90 Å². The molecule has 1 aliphatic rings. The first kappa shape index (κ1) is 19.0. The van der Waals surface area contributed by atoms with E-state index < -0.39 is 0 Å². The van der Waals surface area contributed by atoms with E-state index in [1.54, 1.807) is 0 Å². The van der Waals surface area contributed by atoms with Gasteiger partial charge < -0.3 is 9.64 Å². The average Bonchev–Trinajstić information content (AvgIpc) is 2.49. The fourth-order valence-electron chi connectivity index (χ4n) is 2.04. The van der Waals surface area contributed by atoms with Crippen LogP contribution < -0.4 is 0 Å². The Balaban J connectivity index is 0.00000191. The highest BCUT2D eigenvalue weighted by atomic mass is 16.5. The zero-order chi connectivity index (χ0) is 16.4. The van der Waals surface area contributed by atoms with Crippen LogP contribution in [0, 0.1) is 17.2 Å². The first-order valence-electron chi connectivity index (χ1n) is 7.25. The van der Waals surface area contributed by atoms with Crippen molar-refractivity contribution in [2.24, 2.45) is 5.92 Å². The van der Waals surface area contributed by atoms with Crippen molar-refractivity contribution in [1.29, 1.82) is 5.26 Å². The molecule has 1 unspecified atom stereocenters. The van der Waals surface area contributed by atoms with Gasteiger partial charge in [0.05, 0.1) is 19.6 Å². The highest BCUT2D eigenvalue weighted by Gasteiger charge is 2.20. The minimum absolute atomic E-state index is 0.188. The van der Waals surface area contributed by atoms with Crippen LogP contribution >= 0.6 is 0 Å². The standard InChI is InChI=1S/C15H20N2O2.C2H6/c1-11-5-6-14(17(3)10-15(18)19-4)13(9-11)12(2)7-8-16;1-2/h6,9,11H,2,5,7,10H2,1,3-4H3;1-2H3. The van der Waals surface area contributed by atoms with Crippen molar-refractivity contribution in [3.63, 3.8) is 0 Å². The second-order valence-electron chi connectivity index (χ2n) is 4.75. The number of ether oxygens (including phenoxy) is 1. The second-order valence-corrected chi connectivity index (χ2v) is 4.75. The molecule has 4 nitrogen and oxygen atoms in total. The molecule has 0 saturated carbocycles. The van der Waals surface area contributed by atoms with E-state index >= 15 is 0 Å². The van der Waals surface area contributed by atoms with Crippen molar-refractivity contribution >= 4 is 5.97 Å². The first-order chi connectivity index (χ1) is 9.99. The maximum atomic E-state index is 11.3. The van der Waals surface area contributed by atoms with Gasteiger partial charge in [0.1, 0.15) is 6.54 Å². The summed E-state index contributed by atoms with van der Waals surface area (Å²) < 4.78 is 4.67. The minimum Gasteiger partial charge on any atom is -0.468 e. The van der Waals surface area contributed by atoms with Gasteiger partial charge in [-0.25, -0.2) is 0 Å². The Labute approximate surface area is 128 Å². The van der Waals surface area contributed by atoms with Crippen LogP contribution in [0.2, 0.25) is 0 Å². The first-order valence-corrected chi connectivity index (χ1v) is 7.25. The van der Waals surface area contributed by atoms with E-state index in [0.717, 1.165) is 23.3 Å². The molecule has 1 aliphatic carbocycles. The molecule has 1 atom stereocenters. The van der Waals surface area contributed by atoms with Gasteiger partial charge in [0, 0.05) is 12.7 Å². The molecular weight excluding hydrogens is 264 g/mol. The lowest BCUT2D eigenvalue weighted by atomic mass is 9.90. The average molecular weight is 290 g/mol. The Hall–Kier alpha value is -2.02. The van der Waals surface area contributed by atoms with E-state index in [9.17, 15) is 4.79 Å². The molecule has 4 heteroatoms. The summed E-state index contributed by atoms with van der Waals surface area (Å²) in [5.41, 5.74) is 2.70. The van der Waals surface area contributed by atoms with Gasteiger partial charge in [-0.15, -0.1) is 0 Å². The van der Waals surface area contributed by atoms with Gasteiger partial charge in [-0.2, -0.15) is 5.26 Å². The molecule has 0 aliphatic heterocycles. The molecule has 0 bridgehead atoms. The van der Waals surface area contributed by atoms with Crippen LogP contribution in [-0.2, 0) is 9.53 Å². The highest BCUT2D eigenvalue weighted by Crippen LogP contribution is 2.30. The topological polar surface area (TPSA) is 53.3 Å². The fraction of sp³-hybridized carbons (Fsp3) is 0.529. The Morgan fingerprint density at radius 2 is 2.19 bits per heavy atom. The van der Waals surface area contributed by atoms with E-state index in [-0.39, 0.29) is 12.5 Å². The summed E-state index contributed by atoms with van der Waals surface area (Å²) >= 11 is 0. The molecule has 0 aromatic heterocycles. The van der Waals surface area contributed by atoms with Gasteiger partial charge in [-0.05, 0) is 23.5 Å². The third kappa shape index (κ3) is 5.86. The van der Waals surface area contributed by atoms with Crippen molar-refractivity contribution in [2.75, 3.05) is 20.7 Å². The number of nitrogens with zero attached hydrogens (tertiary/aromatic N) is 2. The van der Waals surface area contributed by atoms with Gasteiger partial charge >= 0.3 is 5.97 Å².